The number of nitrogens with one attached hydrogen (secondary N) is 1. The Hall–Kier alpha value is -1.89. The van der Waals surface area contributed by atoms with Crippen LogP contribution in [0.3, 0.4) is 0 Å². The van der Waals surface area contributed by atoms with Crippen molar-refractivity contribution in [3.63, 3.8) is 0 Å². The number of aromatic nitrogens is 2. The van der Waals surface area contributed by atoms with Crippen LogP contribution in [0, 0.1) is 0 Å². The number of carboxylic acids is 1. The number of hydrogen-bond donors (Lipinski definition) is 2. The Kier molecular flexibility index (Phi) is 3.38. The van der Waals surface area contributed by atoms with E-state index in [0.29, 0.717) is 17.4 Å². The SMILES string of the molecule is CCc1nnc(NCc2ccc(C(=O)O)o2)s1. The summed E-state index contributed by atoms with van der Waals surface area (Å²) in [6, 6.07) is 3.05. The first-order chi connectivity index (χ1) is 8.19. The molecule has 2 heterocycles. The van der Waals surface area contributed by atoms with Crippen LogP contribution in [0.5, 0.6) is 0 Å². The lowest BCUT2D eigenvalue weighted by atomic mass is 10.4. The third kappa shape index (κ3) is 2.82. The van der Waals surface area contributed by atoms with Gasteiger partial charge in [-0.1, -0.05) is 18.3 Å². The van der Waals surface area contributed by atoms with Crippen molar-refractivity contribution in [1.29, 1.82) is 0 Å². The van der Waals surface area contributed by atoms with E-state index in [4.69, 9.17) is 9.52 Å². The molecule has 2 rings (SSSR count). The second-order valence-electron chi connectivity index (χ2n) is 3.28. The van der Waals surface area contributed by atoms with E-state index in [2.05, 4.69) is 15.5 Å². The zero-order valence-electron chi connectivity index (χ0n) is 9.14. The van der Waals surface area contributed by atoms with Crippen molar-refractivity contribution < 1.29 is 14.3 Å². The number of carboxylic acid groups (broad SMARTS) is 1. The van der Waals surface area contributed by atoms with E-state index in [1.54, 1.807) is 6.07 Å². The van der Waals surface area contributed by atoms with Gasteiger partial charge in [-0.05, 0) is 18.6 Å². The molecule has 0 saturated heterocycles. The quantitative estimate of drug-likeness (QED) is 0.847. The lowest BCUT2D eigenvalue weighted by Gasteiger charge is -1.97. The predicted octanol–water partition coefficient (Wildman–Crippen LogP) is 2.00. The summed E-state index contributed by atoms with van der Waals surface area (Å²) in [5, 5.41) is 21.3. The zero-order chi connectivity index (χ0) is 12.3. The van der Waals surface area contributed by atoms with E-state index >= 15 is 0 Å². The van der Waals surface area contributed by atoms with Gasteiger partial charge in [-0.3, -0.25) is 0 Å². The van der Waals surface area contributed by atoms with E-state index in [0.717, 1.165) is 11.4 Å². The predicted molar refractivity (Wildman–Crippen MR) is 62.3 cm³/mol. The summed E-state index contributed by atoms with van der Waals surface area (Å²) in [6.45, 7) is 2.40. The highest BCUT2D eigenvalue weighted by Gasteiger charge is 2.09. The van der Waals surface area contributed by atoms with Gasteiger partial charge in [-0.25, -0.2) is 4.79 Å². The fraction of sp³-hybridized carbons (Fsp3) is 0.300. The maximum absolute atomic E-state index is 10.6. The maximum Gasteiger partial charge on any atom is 0.371 e. The van der Waals surface area contributed by atoms with E-state index < -0.39 is 5.97 Å². The molecule has 2 aromatic heterocycles. The first-order valence-corrected chi connectivity index (χ1v) is 5.89. The molecule has 0 fully saturated rings. The van der Waals surface area contributed by atoms with Crippen LogP contribution in [-0.4, -0.2) is 21.3 Å². The Labute approximate surface area is 101 Å². The topological polar surface area (TPSA) is 88.2 Å². The highest BCUT2D eigenvalue weighted by molar-refractivity contribution is 7.15. The highest BCUT2D eigenvalue weighted by atomic mass is 32.1. The summed E-state index contributed by atoms with van der Waals surface area (Å²) < 4.78 is 5.09. The molecule has 17 heavy (non-hydrogen) atoms. The number of nitrogens with zero attached hydrogens (tertiary/aromatic N) is 2. The molecule has 0 amide bonds. The van der Waals surface area contributed by atoms with Crippen molar-refractivity contribution in [3.05, 3.63) is 28.7 Å². The summed E-state index contributed by atoms with van der Waals surface area (Å²) >= 11 is 1.47. The van der Waals surface area contributed by atoms with Crippen molar-refractivity contribution in [2.45, 2.75) is 19.9 Å². The fourth-order valence-electron chi connectivity index (χ4n) is 1.22. The first-order valence-electron chi connectivity index (χ1n) is 5.07. The molecule has 0 aromatic carbocycles. The van der Waals surface area contributed by atoms with Crippen LogP contribution in [-0.2, 0) is 13.0 Å². The molecule has 7 heteroatoms. The van der Waals surface area contributed by atoms with Gasteiger partial charge in [0.1, 0.15) is 10.8 Å². The van der Waals surface area contributed by atoms with Crippen LogP contribution in [0.25, 0.3) is 0 Å². The average Bonchev–Trinajstić information content (AvgIpc) is 2.95. The minimum absolute atomic E-state index is 0.0617. The minimum atomic E-state index is -1.07. The molecule has 0 saturated carbocycles. The maximum atomic E-state index is 10.6. The summed E-state index contributed by atoms with van der Waals surface area (Å²) in [5.41, 5.74) is 0. The monoisotopic (exact) mass is 253 g/mol. The molecule has 0 atom stereocenters. The van der Waals surface area contributed by atoms with Crippen LogP contribution < -0.4 is 5.32 Å². The largest absolute Gasteiger partial charge is 0.475 e. The minimum Gasteiger partial charge on any atom is -0.475 e. The van der Waals surface area contributed by atoms with Crippen LogP contribution in [0.15, 0.2) is 16.5 Å². The van der Waals surface area contributed by atoms with Gasteiger partial charge >= 0.3 is 5.97 Å². The van der Waals surface area contributed by atoms with Gasteiger partial charge in [-0.15, -0.1) is 10.2 Å². The summed E-state index contributed by atoms with van der Waals surface area (Å²) in [4.78, 5) is 10.6. The second kappa shape index (κ2) is 4.96. The van der Waals surface area contributed by atoms with Crippen LogP contribution in [0.4, 0.5) is 5.13 Å². The molecule has 6 nitrogen and oxygen atoms in total. The van der Waals surface area contributed by atoms with Crippen LogP contribution >= 0.6 is 11.3 Å². The summed E-state index contributed by atoms with van der Waals surface area (Å²) in [5.74, 6) is -0.579. The van der Waals surface area contributed by atoms with E-state index in [1.165, 1.54) is 17.4 Å². The molecule has 0 radical (unpaired) electrons. The number of furan rings is 1. The third-order valence-corrected chi connectivity index (χ3v) is 3.08. The van der Waals surface area contributed by atoms with Crippen molar-refractivity contribution >= 4 is 22.4 Å². The fourth-order valence-corrected chi connectivity index (χ4v) is 1.89. The molecular formula is C10H11N3O3S. The molecule has 0 spiro atoms. The van der Waals surface area contributed by atoms with Gasteiger partial charge in [0.25, 0.3) is 0 Å². The molecule has 0 aliphatic carbocycles. The Morgan fingerprint density at radius 2 is 2.35 bits per heavy atom. The van der Waals surface area contributed by atoms with Crippen molar-refractivity contribution in [3.8, 4) is 0 Å². The number of aryl methyl sites for hydroxylation is 1. The Balaban J connectivity index is 1.94. The van der Waals surface area contributed by atoms with Crippen molar-refractivity contribution in [1.82, 2.24) is 10.2 Å². The number of carbonyl (C=O) groups is 1. The standard InChI is InChI=1S/C10H11N3O3S/c1-2-8-12-13-10(17-8)11-5-6-3-4-7(16-6)9(14)15/h3-4H,2,5H2,1H3,(H,11,13)(H,14,15). The first kappa shape index (κ1) is 11.6. The van der Waals surface area contributed by atoms with Gasteiger partial charge in [0.15, 0.2) is 0 Å². The summed E-state index contributed by atoms with van der Waals surface area (Å²) in [7, 11) is 0. The number of anilines is 1. The molecule has 2 N–H and O–H groups in total. The number of aromatic carboxylic acids is 1. The molecule has 0 unspecified atom stereocenters. The van der Waals surface area contributed by atoms with Gasteiger partial charge in [-0.2, -0.15) is 0 Å². The van der Waals surface area contributed by atoms with Crippen LogP contribution in [0.1, 0.15) is 28.2 Å². The van der Waals surface area contributed by atoms with E-state index in [9.17, 15) is 4.79 Å². The molecule has 0 aliphatic rings. The van der Waals surface area contributed by atoms with E-state index in [-0.39, 0.29) is 5.76 Å². The Bertz CT molecular complexity index is 520. The van der Waals surface area contributed by atoms with Crippen molar-refractivity contribution in [2.24, 2.45) is 0 Å². The zero-order valence-corrected chi connectivity index (χ0v) is 9.95. The van der Waals surface area contributed by atoms with Crippen molar-refractivity contribution in [2.75, 3.05) is 5.32 Å². The average molecular weight is 253 g/mol. The Morgan fingerprint density at radius 1 is 1.53 bits per heavy atom. The van der Waals surface area contributed by atoms with Gasteiger partial charge in [0, 0.05) is 0 Å². The normalized spacial score (nSPS) is 10.4. The lowest BCUT2D eigenvalue weighted by Crippen LogP contribution is -1.98. The number of hydrogen-bond acceptors (Lipinski definition) is 6. The lowest BCUT2D eigenvalue weighted by molar-refractivity contribution is 0.0660. The molecule has 2 aromatic rings. The Morgan fingerprint density at radius 3 is 2.94 bits per heavy atom. The molecular weight excluding hydrogens is 242 g/mol. The molecule has 0 aliphatic heterocycles. The van der Waals surface area contributed by atoms with Gasteiger partial charge < -0.3 is 14.8 Å². The molecule has 90 valence electrons. The summed E-state index contributed by atoms with van der Waals surface area (Å²) in [6.07, 6.45) is 0.850. The van der Waals surface area contributed by atoms with Gasteiger partial charge in [0.2, 0.25) is 10.9 Å². The van der Waals surface area contributed by atoms with E-state index in [1.807, 2.05) is 6.92 Å². The molecule has 0 bridgehead atoms. The number of rotatable bonds is 5. The smallest absolute Gasteiger partial charge is 0.371 e. The van der Waals surface area contributed by atoms with Crippen LogP contribution in [0.2, 0.25) is 0 Å². The highest BCUT2D eigenvalue weighted by Crippen LogP contribution is 2.17. The van der Waals surface area contributed by atoms with Gasteiger partial charge in [0.05, 0.1) is 6.54 Å². The third-order valence-electron chi connectivity index (χ3n) is 2.06. The second-order valence-corrected chi connectivity index (χ2v) is 4.34.